The first kappa shape index (κ1) is 12.6. The van der Waals surface area contributed by atoms with E-state index in [9.17, 15) is 9.18 Å². The second-order valence-corrected chi connectivity index (χ2v) is 4.33. The topological polar surface area (TPSA) is 52.1 Å². The highest BCUT2D eigenvalue weighted by Gasteiger charge is 2.10. The SMILES string of the molecule is COC(=O)c1ccnc(-c2cc(F)cc(Br)c2)n1. The van der Waals surface area contributed by atoms with E-state index in [4.69, 9.17) is 0 Å². The Morgan fingerprint density at radius 1 is 1.39 bits per heavy atom. The first-order valence-corrected chi connectivity index (χ1v) is 5.77. The zero-order valence-corrected chi connectivity index (χ0v) is 10.9. The van der Waals surface area contributed by atoms with Crippen molar-refractivity contribution < 1.29 is 13.9 Å². The van der Waals surface area contributed by atoms with Gasteiger partial charge in [-0.15, -0.1) is 0 Å². The van der Waals surface area contributed by atoms with Crippen LogP contribution >= 0.6 is 15.9 Å². The molecule has 1 aromatic heterocycles. The molecular weight excluding hydrogens is 303 g/mol. The number of esters is 1. The van der Waals surface area contributed by atoms with Crippen LogP contribution in [0.15, 0.2) is 34.9 Å². The zero-order valence-electron chi connectivity index (χ0n) is 9.35. The molecule has 0 saturated heterocycles. The van der Waals surface area contributed by atoms with E-state index in [1.54, 1.807) is 6.07 Å². The van der Waals surface area contributed by atoms with E-state index in [0.717, 1.165) is 0 Å². The smallest absolute Gasteiger partial charge is 0.356 e. The van der Waals surface area contributed by atoms with Crippen LogP contribution in [0.25, 0.3) is 11.4 Å². The fourth-order valence-electron chi connectivity index (χ4n) is 1.40. The first-order valence-electron chi connectivity index (χ1n) is 4.98. The minimum atomic E-state index is -0.561. The lowest BCUT2D eigenvalue weighted by molar-refractivity contribution is 0.0594. The predicted molar refractivity (Wildman–Crippen MR) is 66.5 cm³/mol. The minimum Gasteiger partial charge on any atom is -0.464 e. The quantitative estimate of drug-likeness (QED) is 0.800. The highest BCUT2D eigenvalue weighted by Crippen LogP contribution is 2.21. The first-order chi connectivity index (χ1) is 8.60. The van der Waals surface area contributed by atoms with Crippen molar-refractivity contribution in [3.63, 3.8) is 0 Å². The molecule has 18 heavy (non-hydrogen) atoms. The van der Waals surface area contributed by atoms with Crippen LogP contribution in [0, 0.1) is 5.82 Å². The number of benzene rings is 1. The Labute approximate surface area is 111 Å². The van der Waals surface area contributed by atoms with E-state index in [1.165, 1.54) is 31.5 Å². The largest absolute Gasteiger partial charge is 0.464 e. The van der Waals surface area contributed by atoms with E-state index in [0.29, 0.717) is 10.0 Å². The van der Waals surface area contributed by atoms with Crippen LogP contribution in [0.1, 0.15) is 10.5 Å². The van der Waals surface area contributed by atoms with Crippen molar-refractivity contribution in [2.75, 3.05) is 7.11 Å². The van der Waals surface area contributed by atoms with E-state index < -0.39 is 11.8 Å². The zero-order chi connectivity index (χ0) is 13.1. The van der Waals surface area contributed by atoms with Crippen LogP contribution in [-0.2, 0) is 4.74 Å². The van der Waals surface area contributed by atoms with Crippen molar-refractivity contribution >= 4 is 21.9 Å². The number of carbonyl (C=O) groups excluding carboxylic acids is 1. The van der Waals surface area contributed by atoms with Gasteiger partial charge in [0.15, 0.2) is 11.5 Å². The van der Waals surface area contributed by atoms with Gasteiger partial charge in [-0.2, -0.15) is 0 Å². The summed E-state index contributed by atoms with van der Waals surface area (Å²) in [7, 11) is 1.27. The minimum absolute atomic E-state index is 0.128. The maximum Gasteiger partial charge on any atom is 0.356 e. The lowest BCUT2D eigenvalue weighted by Crippen LogP contribution is -2.05. The molecule has 2 rings (SSSR count). The fraction of sp³-hybridized carbons (Fsp3) is 0.0833. The standard InChI is InChI=1S/C12H8BrFN2O2/c1-18-12(17)10-2-3-15-11(16-10)7-4-8(13)6-9(14)5-7/h2-6H,1H3. The molecule has 0 spiro atoms. The number of hydrogen-bond donors (Lipinski definition) is 0. The Kier molecular flexibility index (Phi) is 3.66. The summed E-state index contributed by atoms with van der Waals surface area (Å²) in [6.45, 7) is 0. The van der Waals surface area contributed by atoms with Gasteiger partial charge in [0.05, 0.1) is 7.11 Å². The summed E-state index contributed by atoms with van der Waals surface area (Å²) >= 11 is 3.18. The molecule has 0 saturated carbocycles. The molecule has 0 atom stereocenters. The van der Waals surface area contributed by atoms with Crippen LogP contribution in [0.2, 0.25) is 0 Å². The van der Waals surface area contributed by atoms with Gasteiger partial charge in [0.1, 0.15) is 5.82 Å². The molecule has 0 N–H and O–H groups in total. The molecule has 1 aromatic carbocycles. The molecule has 0 aliphatic carbocycles. The average Bonchev–Trinajstić information content (AvgIpc) is 2.37. The summed E-state index contributed by atoms with van der Waals surface area (Å²) in [5.74, 6) is -0.710. The number of carbonyl (C=O) groups is 1. The van der Waals surface area contributed by atoms with Gasteiger partial charge in [0.2, 0.25) is 0 Å². The Balaban J connectivity index is 2.47. The summed E-state index contributed by atoms with van der Waals surface area (Å²) < 4.78 is 18.4. The summed E-state index contributed by atoms with van der Waals surface area (Å²) in [6, 6.07) is 5.72. The van der Waals surface area contributed by atoms with Crippen LogP contribution in [0.3, 0.4) is 0 Å². The number of ether oxygens (including phenoxy) is 1. The molecule has 0 fully saturated rings. The lowest BCUT2D eigenvalue weighted by atomic mass is 10.2. The highest BCUT2D eigenvalue weighted by molar-refractivity contribution is 9.10. The Morgan fingerprint density at radius 2 is 2.17 bits per heavy atom. The van der Waals surface area contributed by atoms with Gasteiger partial charge in [0, 0.05) is 16.2 Å². The van der Waals surface area contributed by atoms with E-state index in [-0.39, 0.29) is 11.5 Å². The van der Waals surface area contributed by atoms with Crippen molar-refractivity contribution in [1.29, 1.82) is 0 Å². The van der Waals surface area contributed by atoms with Gasteiger partial charge >= 0.3 is 5.97 Å². The molecule has 4 nitrogen and oxygen atoms in total. The van der Waals surface area contributed by atoms with Crippen LogP contribution < -0.4 is 0 Å². The van der Waals surface area contributed by atoms with Crippen LogP contribution in [0.5, 0.6) is 0 Å². The molecule has 0 aliphatic rings. The van der Waals surface area contributed by atoms with E-state index in [2.05, 4.69) is 30.6 Å². The van der Waals surface area contributed by atoms with Gasteiger partial charge in [0.25, 0.3) is 0 Å². The maximum absolute atomic E-state index is 13.3. The fourth-order valence-corrected chi connectivity index (χ4v) is 1.86. The molecule has 0 unspecified atom stereocenters. The van der Waals surface area contributed by atoms with Crippen LogP contribution in [0.4, 0.5) is 4.39 Å². The molecule has 6 heteroatoms. The summed E-state index contributed by atoms with van der Waals surface area (Å²) in [4.78, 5) is 19.4. The van der Waals surface area contributed by atoms with Gasteiger partial charge < -0.3 is 4.74 Å². The van der Waals surface area contributed by atoms with Crippen molar-refractivity contribution in [3.05, 3.63) is 46.4 Å². The second-order valence-electron chi connectivity index (χ2n) is 3.42. The second kappa shape index (κ2) is 5.22. The maximum atomic E-state index is 13.3. The van der Waals surface area contributed by atoms with Crippen molar-refractivity contribution in [2.24, 2.45) is 0 Å². The molecular formula is C12H8BrFN2O2. The van der Waals surface area contributed by atoms with Crippen LogP contribution in [-0.4, -0.2) is 23.0 Å². The molecule has 0 amide bonds. The average molecular weight is 311 g/mol. The predicted octanol–water partition coefficient (Wildman–Crippen LogP) is 2.83. The number of nitrogens with zero attached hydrogens (tertiary/aromatic N) is 2. The Hall–Kier alpha value is -1.82. The van der Waals surface area contributed by atoms with Gasteiger partial charge in [-0.05, 0) is 24.3 Å². The van der Waals surface area contributed by atoms with Gasteiger partial charge in [-0.3, -0.25) is 0 Å². The number of aromatic nitrogens is 2. The summed E-state index contributed by atoms with van der Waals surface area (Å²) in [5, 5.41) is 0. The number of hydrogen-bond acceptors (Lipinski definition) is 4. The van der Waals surface area contributed by atoms with Crippen molar-refractivity contribution in [2.45, 2.75) is 0 Å². The van der Waals surface area contributed by atoms with Crippen molar-refractivity contribution in [1.82, 2.24) is 9.97 Å². The lowest BCUT2D eigenvalue weighted by Gasteiger charge is -2.03. The molecule has 1 heterocycles. The molecule has 2 aromatic rings. The van der Waals surface area contributed by atoms with E-state index in [1.807, 2.05) is 0 Å². The Bertz CT molecular complexity index is 584. The number of methoxy groups -OCH3 is 1. The van der Waals surface area contributed by atoms with Gasteiger partial charge in [-0.25, -0.2) is 19.2 Å². The molecule has 92 valence electrons. The number of rotatable bonds is 2. The summed E-state index contributed by atoms with van der Waals surface area (Å²) in [6.07, 6.45) is 1.42. The third-order valence-electron chi connectivity index (χ3n) is 2.17. The highest BCUT2D eigenvalue weighted by atomic mass is 79.9. The summed E-state index contributed by atoms with van der Waals surface area (Å²) in [5.41, 5.74) is 0.607. The van der Waals surface area contributed by atoms with Gasteiger partial charge in [-0.1, -0.05) is 15.9 Å². The molecule has 0 aliphatic heterocycles. The van der Waals surface area contributed by atoms with Crippen molar-refractivity contribution in [3.8, 4) is 11.4 Å². The third-order valence-corrected chi connectivity index (χ3v) is 2.63. The normalized spacial score (nSPS) is 10.2. The molecule has 0 radical (unpaired) electrons. The third kappa shape index (κ3) is 2.70. The monoisotopic (exact) mass is 310 g/mol. The number of halogens is 2. The van der Waals surface area contributed by atoms with E-state index >= 15 is 0 Å². The molecule has 0 bridgehead atoms. The Morgan fingerprint density at radius 3 is 2.83 bits per heavy atom.